The number of amides is 1. The molecule has 0 aromatic heterocycles. The first-order valence-electron chi connectivity index (χ1n) is 7.67. The van der Waals surface area contributed by atoms with Gasteiger partial charge in [-0.1, -0.05) is 27.2 Å². The molecule has 2 rings (SSSR count). The van der Waals surface area contributed by atoms with Gasteiger partial charge in [0.15, 0.2) is 0 Å². The molecule has 0 radical (unpaired) electrons. The van der Waals surface area contributed by atoms with Crippen molar-refractivity contribution in [1.82, 2.24) is 10.2 Å². The lowest BCUT2D eigenvalue weighted by Crippen LogP contribution is -2.52. The number of nitrogens with zero attached hydrogens (tertiary/aromatic N) is 1. The fourth-order valence-corrected chi connectivity index (χ4v) is 3.51. The Kier molecular flexibility index (Phi) is 4.66. The summed E-state index contributed by atoms with van der Waals surface area (Å²) in [7, 11) is 0. The van der Waals surface area contributed by atoms with E-state index in [-0.39, 0.29) is 6.04 Å². The quantitative estimate of drug-likeness (QED) is 0.836. The van der Waals surface area contributed by atoms with Crippen molar-refractivity contribution in [3.63, 3.8) is 0 Å². The van der Waals surface area contributed by atoms with Crippen molar-refractivity contribution in [2.45, 2.75) is 65.0 Å². The molecule has 3 atom stereocenters. The van der Waals surface area contributed by atoms with Crippen molar-refractivity contribution in [3.8, 4) is 0 Å². The molecule has 104 valence electrons. The maximum Gasteiger partial charge on any atom is 0.239 e. The molecule has 2 fully saturated rings. The van der Waals surface area contributed by atoms with Crippen LogP contribution in [0, 0.1) is 11.8 Å². The fourth-order valence-electron chi connectivity index (χ4n) is 3.51. The van der Waals surface area contributed by atoms with Crippen LogP contribution in [-0.4, -0.2) is 36.0 Å². The van der Waals surface area contributed by atoms with Crippen LogP contribution in [-0.2, 0) is 4.79 Å². The Bertz CT molecular complexity index is 290. The minimum absolute atomic E-state index is 0.0862. The topological polar surface area (TPSA) is 32.3 Å². The van der Waals surface area contributed by atoms with Crippen molar-refractivity contribution in [3.05, 3.63) is 0 Å². The number of hydrogen-bond donors (Lipinski definition) is 1. The van der Waals surface area contributed by atoms with E-state index in [9.17, 15) is 4.79 Å². The van der Waals surface area contributed by atoms with Crippen molar-refractivity contribution in [2.24, 2.45) is 11.8 Å². The standard InChI is InChI=1S/C15H28N2O/c1-4-12-7-8-16-13(10-12)15(18)17-9-5-6-14(17)11(2)3/h11-14,16H,4-10H2,1-3H3. The third-order valence-electron chi connectivity index (χ3n) is 4.74. The van der Waals surface area contributed by atoms with Gasteiger partial charge in [0.1, 0.15) is 0 Å². The predicted octanol–water partition coefficient (Wildman–Crippen LogP) is 2.41. The van der Waals surface area contributed by atoms with Gasteiger partial charge in [0.05, 0.1) is 6.04 Å². The van der Waals surface area contributed by atoms with E-state index in [1.54, 1.807) is 0 Å². The number of carbonyl (C=O) groups is 1. The summed E-state index contributed by atoms with van der Waals surface area (Å²) in [6.45, 7) is 8.69. The zero-order valence-corrected chi connectivity index (χ0v) is 12.1. The van der Waals surface area contributed by atoms with Crippen LogP contribution < -0.4 is 5.32 Å². The summed E-state index contributed by atoms with van der Waals surface area (Å²) in [6.07, 6.45) is 5.84. The number of piperidine rings is 1. The van der Waals surface area contributed by atoms with E-state index in [1.807, 2.05) is 0 Å². The summed E-state index contributed by atoms with van der Waals surface area (Å²) in [5.74, 6) is 1.69. The van der Waals surface area contributed by atoms with Crippen LogP contribution in [0.15, 0.2) is 0 Å². The lowest BCUT2D eigenvalue weighted by atomic mass is 9.89. The van der Waals surface area contributed by atoms with E-state index in [2.05, 4.69) is 31.0 Å². The predicted molar refractivity (Wildman–Crippen MR) is 74.4 cm³/mol. The fraction of sp³-hybridized carbons (Fsp3) is 0.933. The van der Waals surface area contributed by atoms with Gasteiger partial charge in [-0.15, -0.1) is 0 Å². The van der Waals surface area contributed by atoms with Gasteiger partial charge in [-0.3, -0.25) is 4.79 Å². The minimum atomic E-state index is 0.0862. The molecule has 3 nitrogen and oxygen atoms in total. The summed E-state index contributed by atoms with van der Waals surface area (Å²) in [4.78, 5) is 14.8. The maximum atomic E-state index is 12.6. The number of likely N-dealkylation sites (tertiary alicyclic amines) is 1. The lowest BCUT2D eigenvalue weighted by molar-refractivity contribution is -0.136. The molecule has 3 unspecified atom stereocenters. The van der Waals surface area contributed by atoms with Gasteiger partial charge in [0.2, 0.25) is 5.91 Å². The lowest BCUT2D eigenvalue weighted by Gasteiger charge is -2.35. The Balaban J connectivity index is 1.97. The first-order chi connectivity index (χ1) is 8.63. The van der Waals surface area contributed by atoms with Crippen molar-refractivity contribution >= 4 is 5.91 Å². The van der Waals surface area contributed by atoms with Gasteiger partial charge in [-0.05, 0) is 44.1 Å². The Morgan fingerprint density at radius 1 is 1.39 bits per heavy atom. The zero-order valence-electron chi connectivity index (χ0n) is 12.1. The molecule has 0 saturated carbocycles. The second-order valence-corrected chi connectivity index (χ2v) is 6.29. The molecule has 18 heavy (non-hydrogen) atoms. The minimum Gasteiger partial charge on any atom is -0.338 e. The summed E-state index contributed by atoms with van der Waals surface area (Å²) in [6, 6.07) is 0.560. The second-order valence-electron chi connectivity index (χ2n) is 6.29. The molecular formula is C15H28N2O. The third-order valence-corrected chi connectivity index (χ3v) is 4.74. The van der Waals surface area contributed by atoms with Gasteiger partial charge >= 0.3 is 0 Å². The Labute approximate surface area is 111 Å². The molecule has 0 aromatic rings. The number of rotatable bonds is 3. The molecule has 0 bridgehead atoms. The van der Waals surface area contributed by atoms with Crippen LogP contribution in [0.2, 0.25) is 0 Å². The van der Waals surface area contributed by atoms with Crippen LogP contribution in [0.3, 0.4) is 0 Å². The maximum absolute atomic E-state index is 12.6. The van der Waals surface area contributed by atoms with Crippen molar-refractivity contribution < 1.29 is 4.79 Å². The highest BCUT2D eigenvalue weighted by molar-refractivity contribution is 5.82. The Morgan fingerprint density at radius 2 is 2.17 bits per heavy atom. The van der Waals surface area contributed by atoms with E-state index in [4.69, 9.17) is 0 Å². The van der Waals surface area contributed by atoms with Gasteiger partial charge < -0.3 is 10.2 Å². The molecule has 1 amide bonds. The van der Waals surface area contributed by atoms with Crippen LogP contribution in [0.1, 0.15) is 52.9 Å². The molecule has 2 aliphatic heterocycles. The number of nitrogens with one attached hydrogen (secondary N) is 1. The van der Waals surface area contributed by atoms with Crippen molar-refractivity contribution in [1.29, 1.82) is 0 Å². The second kappa shape index (κ2) is 6.05. The van der Waals surface area contributed by atoms with Crippen LogP contribution in [0.5, 0.6) is 0 Å². The number of hydrogen-bond acceptors (Lipinski definition) is 2. The largest absolute Gasteiger partial charge is 0.338 e. The first kappa shape index (κ1) is 13.9. The molecule has 2 aliphatic rings. The average molecular weight is 252 g/mol. The highest BCUT2D eigenvalue weighted by Crippen LogP contribution is 2.27. The smallest absolute Gasteiger partial charge is 0.239 e. The molecular weight excluding hydrogens is 224 g/mol. The molecule has 0 aromatic carbocycles. The van der Waals surface area contributed by atoms with Gasteiger partial charge in [0.25, 0.3) is 0 Å². The molecule has 2 heterocycles. The van der Waals surface area contributed by atoms with Crippen LogP contribution >= 0.6 is 0 Å². The van der Waals surface area contributed by atoms with E-state index in [0.717, 1.165) is 25.4 Å². The highest BCUT2D eigenvalue weighted by Gasteiger charge is 2.36. The van der Waals surface area contributed by atoms with Crippen LogP contribution in [0.25, 0.3) is 0 Å². The molecule has 1 N–H and O–H groups in total. The summed E-state index contributed by atoms with van der Waals surface area (Å²) < 4.78 is 0. The van der Waals surface area contributed by atoms with Gasteiger partial charge in [-0.25, -0.2) is 0 Å². The van der Waals surface area contributed by atoms with E-state index >= 15 is 0 Å². The molecule has 3 heteroatoms. The average Bonchev–Trinajstić information content (AvgIpc) is 2.87. The summed E-state index contributed by atoms with van der Waals surface area (Å²) >= 11 is 0. The van der Waals surface area contributed by atoms with Crippen molar-refractivity contribution in [2.75, 3.05) is 13.1 Å². The molecule has 0 spiro atoms. The number of carbonyl (C=O) groups excluding carboxylic acids is 1. The summed E-state index contributed by atoms with van der Waals surface area (Å²) in [5.41, 5.74) is 0. The van der Waals surface area contributed by atoms with Crippen LogP contribution in [0.4, 0.5) is 0 Å². The monoisotopic (exact) mass is 252 g/mol. The molecule has 0 aliphatic carbocycles. The highest BCUT2D eigenvalue weighted by atomic mass is 16.2. The zero-order chi connectivity index (χ0) is 13.1. The SMILES string of the molecule is CCC1CCNC(C(=O)N2CCCC2C(C)C)C1. The normalized spacial score (nSPS) is 33.1. The Hall–Kier alpha value is -0.570. The summed E-state index contributed by atoms with van der Waals surface area (Å²) in [5, 5.41) is 3.43. The first-order valence-corrected chi connectivity index (χ1v) is 7.67. The Morgan fingerprint density at radius 3 is 2.83 bits per heavy atom. The van der Waals surface area contributed by atoms with E-state index in [0.29, 0.717) is 17.9 Å². The molecule has 2 saturated heterocycles. The van der Waals surface area contributed by atoms with Gasteiger partial charge in [0, 0.05) is 12.6 Å². The van der Waals surface area contributed by atoms with Gasteiger partial charge in [-0.2, -0.15) is 0 Å². The third kappa shape index (κ3) is 2.87. The van der Waals surface area contributed by atoms with E-state index in [1.165, 1.54) is 25.7 Å². The van der Waals surface area contributed by atoms with E-state index < -0.39 is 0 Å².